The number of hydrogen-bond donors (Lipinski definition) is 1. The maximum Gasteiger partial charge on any atom is 0.387 e. The highest BCUT2D eigenvalue weighted by atomic mass is 32.3. The van der Waals surface area contributed by atoms with E-state index >= 15 is 0 Å². The Labute approximate surface area is 256 Å². The molecule has 0 amide bonds. The molecule has 0 bridgehead atoms. The van der Waals surface area contributed by atoms with Crippen molar-refractivity contribution in [1.29, 1.82) is 0 Å². The molecule has 0 fully saturated rings. The number of hydrogen-bond acceptors (Lipinski definition) is 8. The number of benzene rings is 3. The van der Waals surface area contributed by atoms with Crippen LogP contribution in [0.1, 0.15) is 22.6 Å². The number of halogens is 4. The van der Waals surface area contributed by atoms with E-state index in [1.807, 2.05) is 0 Å². The fourth-order valence-electron chi connectivity index (χ4n) is 4.54. The van der Waals surface area contributed by atoms with Gasteiger partial charge in [0.25, 0.3) is 0 Å². The molecule has 1 aromatic heterocycles. The molecule has 0 radical (unpaired) electrons. The predicted octanol–water partition coefficient (Wildman–Crippen LogP) is 5.31. The first-order valence-electron chi connectivity index (χ1n) is 12.9. The monoisotopic (exact) mass is 671 g/mol. The summed E-state index contributed by atoms with van der Waals surface area (Å²) in [6.45, 7) is -6.55. The molecule has 1 heterocycles. The van der Waals surface area contributed by atoms with Gasteiger partial charge in [0.05, 0.1) is 18.2 Å². The normalized spacial score (nSPS) is 12.6. The maximum absolute atomic E-state index is 13.1. The van der Waals surface area contributed by atoms with Crippen LogP contribution in [0.2, 0.25) is 0 Å². The average molecular weight is 672 g/mol. The van der Waals surface area contributed by atoms with Crippen LogP contribution in [-0.2, 0) is 26.5 Å². The number of aromatic nitrogens is 1. The molecule has 1 atom stereocenters. The van der Waals surface area contributed by atoms with Crippen molar-refractivity contribution in [1.82, 2.24) is 0 Å². The highest BCUT2D eigenvalue weighted by Gasteiger charge is 2.27. The van der Waals surface area contributed by atoms with Crippen LogP contribution in [0.15, 0.2) is 91.3 Å². The fourth-order valence-corrected chi connectivity index (χ4v) is 7.52. The topological polar surface area (TPSA) is 123 Å². The number of nitrogens with zero attached hydrogens (tertiary/aromatic N) is 2. The molecule has 0 spiro atoms. The van der Waals surface area contributed by atoms with Crippen molar-refractivity contribution in [3.63, 3.8) is 0 Å². The van der Waals surface area contributed by atoms with Gasteiger partial charge >= 0.3 is 13.2 Å². The van der Waals surface area contributed by atoms with Gasteiger partial charge in [-0.25, -0.2) is 16.8 Å². The van der Waals surface area contributed by atoms with E-state index in [9.17, 15) is 39.6 Å². The van der Waals surface area contributed by atoms with E-state index in [2.05, 4.69) is 9.47 Å². The van der Waals surface area contributed by atoms with E-state index in [1.54, 1.807) is 36.4 Å². The third-order valence-electron chi connectivity index (χ3n) is 6.29. The van der Waals surface area contributed by atoms with Gasteiger partial charge in [-0.15, -0.1) is 0 Å². The molecule has 4 rings (SSSR count). The number of anilines is 1. The highest BCUT2D eigenvalue weighted by molar-refractivity contribution is 8.09. The predicted molar refractivity (Wildman–Crippen MR) is 154 cm³/mol. The lowest BCUT2D eigenvalue weighted by molar-refractivity contribution is -0.904. The van der Waals surface area contributed by atoms with Crippen molar-refractivity contribution in [2.75, 3.05) is 16.2 Å². The first kappa shape index (κ1) is 33.3. The lowest BCUT2D eigenvalue weighted by atomic mass is 9.86. The van der Waals surface area contributed by atoms with E-state index in [1.165, 1.54) is 48.8 Å². The Bertz CT molecular complexity index is 1790. The molecule has 3 aromatic carbocycles. The molecule has 240 valence electrons. The van der Waals surface area contributed by atoms with E-state index in [4.69, 9.17) is 4.74 Å². The second-order valence-electron chi connectivity index (χ2n) is 9.69. The van der Waals surface area contributed by atoms with Crippen molar-refractivity contribution in [2.45, 2.75) is 25.6 Å². The lowest BCUT2D eigenvalue weighted by Crippen LogP contribution is -2.35. The summed E-state index contributed by atoms with van der Waals surface area (Å²) >= 11 is 0. The van der Waals surface area contributed by atoms with Crippen molar-refractivity contribution >= 4 is 25.7 Å². The molecule has 0 saturated carbocycles. The van der Waals surface area contributed by atoms with E-state index in [-0.39, 0.29) is 11.4 Å². The second kappa shape index (κ2) is 13.6. The third-order valence-corrected chi connectivity index (χ3v) is 9.54. The molecular weight excluding hydrogens is 644 g/mol. The Morgan fingerprint density at radius 3 is 1.71 bits per heavy atom. The Balaban J connectivity index is 1.64. The minimum absolute atomic E-state index is 0.0988. The molecule has 1 N–H and O–H groups in total. The largest absolute Gasteiger partial charge is 0.457 e. The standard InChI is InChI=1S/C29H27F4N2O8S2/c1-44(37,38)35(45(2,39)40)22-6-10-24(11-7-22)41-23-8-3-20(4-9-23)25(17-19-13-15-34(36)16-14-19)21-5-12-26(42-28(30)31)27(18-21)43-29(32)33/h3-16,18,25,28-29,36H,17H2,1-2H3/q+1. The Morgan fingerprint density at radius 2 is 1.20 bits per heavy atom. The average Bonchev–Trinajstić information content (AvgIpc) is 2.93. The second-order valence-corrected chi connectivity index (χ2v) is 13.6. The Morgan fingerprint density at radius 1 is 0.711 bits per heavy atom. The van der Waals surface area contributed by atoms with Crippen LogP contribution in [0.4, 0.5) is 23.2 Å². The molecular formula is C29H27F4N2O8S2+. The summed E-state index contributed by atoms with van der Waals surface area (Å²) in [4.78, 5) is 0. The molecule has 10 nitrogen and oxygen atoms in total. The van der Waals surface area contributed by atoms with Crippen LogP contribution in [0, 0.1) is 0 Å². The van der Waals surface area contributed by atoms with E-state index in [0.29, 0.717) is 27.0 Å². The number of sulfonamides is 2. The van der Waals surface area contributed by atoms with Crippen molar-refractivity contribution in [3.8, 4) is 23.0 Å². The number of pyridine rings is 1. The van der Waals surface area contributed by atoms with Gasteiger partial charge < -0.3 is 14.2 Å². The van der Waals surface area contributed by atoms with Gasteiger partial charge in [-0.2, -0.15) is 21.3 Å². The van der Waals surface area contributed by atoms with Gasteiger partial charge in [0.1, 0.15) is 11.5 Å². The highest BCUT2D eigenvalue weighted by Crippen LogP contribution is 2.37. The first-order valence-corrected chi connectivity index (χ1v) is 16.6. The zero-order valence-corrected chi connectivity index (χ0v) is 25.3. The van der Waals surface area contributed by atoms with Crippen LogP contribution in [0.25, 0.3) is 0 Å². The maximum atomic E-state index is 13.1. The van der Waals surface area contributed by atoms with Gasteiger partial charge in [-0.1, -0.05) is 18.2 Å². The van der Waals surface area contributed by atoms with Gasteiger partial charge in [-0.3, -0.25) is 5.21 Å². The third kappa shape index (κ3) is 8.98. The Hall–Kier alpha value is -4.57. The minimum Gasteiger partial charge on any atom is -0.457 e. The summed E-state index contributed by atoms with van der Waals surface area (Å²) in [6, 6.07) is 19.1. The number of rotatable bonds is 13. The summed E-state index contributed by atoms with van der Waals surface area (Å²) < 4.78 is 116. The zero-order chi connectivity index (χ0) is 32.9. The molecule has 0 aliphatic rings. The van der Waals surface area contributed by atoms with E-state index in [0.717, 1.165) is 28.9 Å². The quantitative estimate of drug-likeness (QED) is 0.115. The lowest BCUT2D eigenvalue weighted by Gasteiger charge is -2.21. The SMILES string of the molecule is CS(=O)(=O)N(c1ccc(Oc2ccc(C(Cc3cc[n+](O)cc3)c3ccc(OC(F)F)c(OC(F)F)c3)cc2)cc1)S(C)(=O)=O. The van der Waals surface area contributed by atoms with Gasteiger partial charge in [0.2, 0.25) is 32.4 Å². The van der Waals surface area contributed by atoms with Crippen LogP contribution < -0.4 is 22.7 Å². The summed E-state index contributed by atoms with van der Waals surface area (Å²) in [7, 11) is -8.24. The molecule has 45 heavy (non-hydrogen) atoms. The van der Waals surface area contributed by atoms with Gasteiger partial charge in [-0.05, 0) is 71.6 Å². The summed E-state index contributed by atoms with van der Waals surface area (Å²) in [5, 5.41) is 9.60. The van der Waals surface area contributed by atoms with Crippen molar-refractivity contribution in [2.24, 2.45) is 0 Å². The smallest absolute Gasteiger partial charge is 0.387 e. The minimum atomic E-state index is -4.12. The fraction of sp³-hybridized carbons (Fsp3) is 0.207. The van der Waals surface area contributed by atoms with Crippen LogP contribution in [-0.4, -0.2) is 47.8 Å². The summed E-state index contributed by atoms with van der Waals surface area (Å²) in [5.74, 6) is -0.999. The summed E-state index contributed by atoms with van der Waals surface area (Å²) in [6.07, 6.45) is 4.66. The Kier molecular flexibility index (Phi) is 10.1. The van der Waals surface area contributed by atoms with Crippen LogP contribution in [0.3, 0.4) is 0 Å². The van der Waals surface area contributed by atoms with E-state index < -0.39 is 50.7 Å². The zero-order valence-electron chi connectivity index (χ0n) is 23.6. The molecule has 4 aromatic rings. The molecule has 0 saturated heterocycles. The number of ether oxygens (including phenoxy) is 3. The summed E-state index contributed by atoms with van der Waals surface area (Å²) in [5.41, 5.74) is 1.78. The first-order chi connectivity index (χ1) is 21.1. The molecule has 1 unspecified atom stereocenters. The van der Waals surface area contributed by atoms with Crippen LogP contribution in [0.5, 0.6) is 23.0 Å². The van der Waals surface area contributed by atoms with Crippen molar-refractivity contribution < 1.29 is 58.5 Å². The molecule has 0 aliphatic carbocycles. The van der Waals surface area contributed by atoms with Crippen molar-refractivity contribution in [3.05, 3.63) is 108 Å². The van der Waals surface area contributed by atoms with Crippen LogP contribution >= 0.6 is 0 Å². The number of alkyl halides is 4. The van der Waals surface area contributed by atoms with Gasteiger partial charge in [0.15, 0.2) is 11.5 Å². The molecule has 16 heteroatoms. The molecule has 0 aliphatic heterocycles. The van der Waals surface area contributed by atoms with Gasteiger partial charge in [0, 0.05) is 22.8 Å².